The van der Waals surface area contributed by atoms with Crippen molar-refractivity contribution >= 4 is 22.6 Å². The van der Waals surface area contributed by atoms with Crippen LogP contribution in [0.1, 0.15) is 32.9 Å². The Kier molecular flexibility index (Phi) is 4.61. The zero-order chi connectivity index (χ0) is 19.7. The highest BCUT2D eigenvalue weighted by Crippen LogP contribution is 2.21. The van der Waals surface area contributed by atoms with Gasteiger partial charge >= 0.3 is 0 Å². The number of rotatable bonds is 4. The van der Waals surface area contributed by atoms with Crippen LogP contribution in [0.15, 0.2) is 54.9 Å². The van der Waals surface area contributed by atoms with Crippen LogP contribution in [0, 0.1) is 20.8 Å². The van der Waals surface area contributed by atoms with Crippen LogP contribution in [-0.2, 0) is 6.54 Å². The molecule has 0 atom stereocenters. The summed E-state index contributed by atoms with van der Waals surface area (Å²) < 4.78 is 1.84. The maximum Gasteiger partial charge on any atom is 0.257 e. The van der Waals surface area contributed by atoms with E-state index in [0.29, 0.717) is 12.1 Å². The quantitative estimate of drug-likeness (QED) is 0.587. The van der Waals surface area contributed by atoms with Gasteiger partial charge in [0.05, 0.1) is 29.7 Å². The minimum atomic E-state index is -0.206. The zero-order valence-electron chi connectivity index (χ0n) is 16.1. The lowest BCUT2D eigenvalue weighted by Gasteiger charge is -2.12. The first kappa shape index (κ1) is 17.9. The molecule has 3 aromatic heterocycles. The molecule has 0 bridgehead atoms. The van der Waals surface area contributed by atoms with Gasteiger partial charge < -0.3 is 5.32 Å². The van der Waals surface area contributed by atoms with Crippen LogP contribution in [0.2, 0.25) is 0 Å². The molecule has 0 aliphatic rings. The van der Waals surface area contributed by atoms with E-state index in [-0.39, 0.29) is 5.91 Å². The summed E-state index contributed by atoms with van der Waals surface area (Å²) in [6.45, 7) is 6.43. The maximum absolute atomic E-state index is 12.7. The summed E-state index contributed by atoms with van der Waals surface area (Å²) in [4.78, 5) is 21.7. The zero-order valence-corrected chi connectivity index (χ0v) is 16.1. The highest BCUT2D eigenvalue weighted by atomic mass is 16.1. The molecule has 0 spiro atoms. The van der Waals surface area contributed by atoms with Gasteiger partial charge in [0.15, 0.2) is 5.65 Å². The topological polar surface area (TPSA) is 72.7 Å². The Hall–Kier alpha value is -3.54. The van der Waals surface area contributed by atoms with E-state index in [1.54, 1.807) is 12.4 Å². The second-order valence-corrected chi connectivity index (χ2v) is 6.92. The highest BCUT2D eigenvalue weighted by molar-refractivity contribution is 6.06. The third-order valence-corrected chi connectivity index (χ3v) is 4.68. The number of hydrogen-bond donors (Lipinski definition) is 1. The SMILES string of the molecule is Cc1cc(C)c(NC(=O)c2cnc3c(cnn3Cc3ccccc3)c2)c(C)n1. The number of carbonyl (C=O) groups is 1. The number of aromatic nitrogens is 4. The largest absolute Gasteiger partial charge is 0.320 e. The van der Waals surface area contributed by atoms with E-state index in [2.05, 4.69) is 32.5 Å². The van der Waals surface area contributed by atoms with Gasteiger partial charge in [-0.05, 0) is 44.0 Å². The molecule has 1 N–H and O–H groups in total. The first-order chi connectivity index (χ1) is 13.5. The van der Waals surface area contributed by atoms with Gasteiger partial charge in [0.2, 0.25) is 0 Å². The number of anilines is 1. The van der Waals surface area contributed by atoms with Crippen molar-refractivity contribution < 1.29 is 4.79 Å². The Balaban J connectivity index is 1.59. The molecule has 0 saturated heterocycles. The summed E-state index contributed by atoms with van der Waals surface area (Å²) in [6.07, 6.45) is 3.33. The van der Waals surface area contributed by atoms with Gasteiger partial charge in [0.1, 0.15) is 0 Å². The van der Waals surface area contributed by atoms with Crippen molar-refractivity contribution in [3.63, 3.8) is 0 Å². The van der Waals surface area contributed by atoms with Crippen molar-refractivity contribution in [2.75, 3.05) is 5.32 Å². The molecule has 6 heteroatoms. The second kappa shape index (κ2) is 7.23. The molecule has 4 aromatic rings. The van der Waals surface area contributed by atoms with Crippen LogP contribution in [0.5, 0.6) is 0 Å². The van der Waals surface area contributed by atoms with E-state index in [1.807, 2.05) is 55.8 Å². The van der Waals surface area contributed by atoms with E-state index >= 15 is 0 Å². The smallest absolute Gasteiger partial charge is 0.257 e. The molecular weight excluding hydrogens is 350 g/mol. The van der Waals surface area contributed by atoms with Gasteiger partial charge in [0, 0.05) is 17.3 Å². The molecule has 0 aliphatic carbocycles. The van der Waals surface area contributed by atoms with E-state index in [0.717, 1.165) is 39.2 Å². The first-order valence-electron chi connectivity index (χ1n) is 9.13. The fraction of sp³-hybridized carbons (Fsp3) is 0.182. The number of hydrogen-bond acceptors (Lipinski definition) is 4. The average molecular weight is 371 g/mol. The molecule has 0 aliphatic heterocycles. The lowest BCUT2D eigenvalue weighted by atomic mass is 10.1. The van der Waals surface area contributed by atoms with Crippen molar-refractivity contribution in [2.24, 2.45) is 0 Å². The van der Waals surface area contributed by atoms with Gasteiger partial charge in [-0.3, -0.25) is 9.78 Å². The lowest BCUT2D eigenvalue weighted by Crippen LogP contribution is -2.15. The van der Waals surface area contributed by atoms with Gasteiger partial charge in [-0.25, -0.2) is 9.67 Å². The molecule has 3 heterocycles. The number of pyridine rings is 2. The predicted molar refractivity (Wildman–Crippen MR) is 109 cm³/mol. The summed E-state index contributed by atoms with van der Waals surface area (Å²) >= 11 is 0. The van der Waals surface area contributed by atoms with Crippen molar-refractivity contribution in [1.29, 1.82) is 0 Å². The van der Waals surface area contributed by atoms with E-state index in [9.17, 15) is 4.79 Å². The monoisotopic (exact) mass is 371 g/mol. The molecule has 4 rings (SSSR count). The van der Waals surface area contributed by atoms with Crippen molar-refractivity contribution in [3.05, 3.63) is 82.9 Å². The van der Waals surface area contributed by atoms with E-state index in [4.69, 9.17) is 0 Å². The number of nitrogens with one attached hydrogen (secondary N) is 1. The van der Waals surface area contributed by atoms with Gasteiger partial charge in [-0.2, -0.15) is 5.10 Å². The molecule has 140 valence electrons. The molecule has 28 heavy (non-hydrogen) atoms. The highest BCUT2D eigenvalue weighted by Gasteiger charge is 2.14. The third-order valence-electron chi connectivity index (χ3n) is 4.68. The van der Waals surface area contributed by atoms with Crippen LogP contribution < -0.4 is 5.32 Å². The summed E-state index contributed by atoms with van der Waals surface area (Å²) in [5.74, 6) is -0.206. The molecule has 1 aromatic carbocycles. The number of nitrogens with zero attached hydrogens (tertiary/aromatic N) is 4. The standard InChI is InChI=1S/C22H21N5O/c1-14-9-15(2)25-16(3)20(14)26-22(28)19-10-18-12-24-27(21(18)23-11-19)13-17-7-5-4-6-8-17/h4-12H,13H2,1-3H3,(H,26,28). The minimum absolute atomic E-state index is 0.206. The van der Waals surface area contributed by atoms with Gasteiger partial charge in [-0.1, -0.05) is 30.3 Å². The van der Waals surface area contributed by atoms with E-state index in [1.165, 1.54) is 0 Å². The molecular formula is C22H21N5O. The molecule has 0 saturated carbocycles. The summed E-state index contributed by atoms with van der Waals surface area (Å²) in [6, 6.07) is 13.9. The summed E-state index contributed by atoms with van der Waals surface area (Å²) in [5.41, 5.74) is 5.86. The van der Waals surface area contributed by atoms with Crippen LogP contribution in [-0.4, -0.2) is 25.7 Å². The number of aryl methyl sites for hydroxylation is 3. The van der Waals surface area contributed by atoms with Gasteiger partial charge in [0.25, 0.3) is 5.91 Å². The Morgan fingerprint density at radius 3 is 2.61 bits per heavy atom. The predicted octanol–water partition coefficient (Wildman–Crippen LogP) is 4.05. The fourth-order valence-electron chi connectivity index (χ4n) is 3.37. The van der Waals surface area contributed by atoms with E-state index < -0.39 is 0 Å². The lowest BCUT2D eigenvalue weighted by molar-refractivity contribution is 0.102. The molecule has 0 unspecified atom stereocenters. The molecule has 0 fully saturated rings. The number of carbonyl (C=O) groups excluding carboxylic acids is 1. The fourth-order valence-corrected chi connectivity index (χ4v) is 3.37. The van der Waals surface area contributed by atoms with Gasteiger partial charge in [-0.15, -0.1) is 0 Å². The number of benzene rings is 1. The number of fused-ring (bicyclic) bond motifs is 1. The Labute approximate surface area is 163 Å². The summed E-state index contributed by atoms with van der Waals surface area (Å²) in [7, 11) is 0. The van der Waals surface area contributed by atoms with Crippen LogP contribution in [0.4, 0.5) is 5.69 Å². The van der Waals surface area contributed by atoms with Crippen LogP contribution >= 0.6 is 0 Å². The molecule has 0 radical (unpaired) electrons. The molecule has 1 amide bonds. The molecule has 6 nitrogen and oxygen atoms in total. The third kappa shape index (κ3) is 3.49. The average Bonchev–Trinajstić information content (AvgIpc) is 3.07. The van der Waals surface area contributed by atoms with Crippen molar-refractivity contribution in [3.8, 4) is 0 Å². The van der Waals surface area contributed by atoms with Crippen molar-refractivity contribution in [1.82, 2.24) is 19.7 Å². The van der Waals surface area contributed by atoms with Crippen LogP contribution in [0.25, 0.3) is 11.0 Å². The van der Waals surface area contributed by atoms with Crippen molar-refractivity contribution in [2.45, 2.75) is 27.3 Å². The Morgan fingerprint density at radius 1 is 1.07 bits per heavy atom. The summed E-state index contributed by atoms with van der Waals surface area (Å²) in [5, 5.41) is 8.22. The normalized spacial score (nSPS) is 11.0. The first-order valence-corrected chi connectivity index (χ1v) is 9.13. The Bertz CT molecular complexity index is 1140. The minimum Gasteiger partial charge on any atom is -0.320 e. The Morgan fingerprint density at radius 2 is 1.86 bits per heavy atom. The number of amides is 1. The maximum atomic E-state index is 12.7. The second-order valence-electron chi connectivity index (χ2n) is 6.92. The van der Waals surface area contributed by atoms with Crippen LogP contribution in [0.3, 0.4) is 0 Å².